The molecule has 0 aliphatic heterocycles. The molecule has 0 fully saturated rings. The van der Waals surface area contributed by atoms with Crippen LogP contribution in [0.25, 0.3) is 0 Å². The van der Waals surface area contributed by atoms with Crippen molar-refractivity contribution in [3.05, 3.63) is 69.8 Å². The average Bonchev–Trinajstić information content (AvgIpc) is 2.48. The maximum absolute atomic E-state index is 12.0. The summed E-state index contributed by atoms with van der Waals surface area (Å²) in [5.41, 5.74) is 1.27. The van der Waals surface area contributed by atoms with E-state index < -0.39 is 14.9 Å². The van der Waals surface area contributed by atoms with E-state index in [9.17, 15) is 18.5 Å². The first-order valence-corrected chi connectivity index (χ1v) is 7.73. The molecule has 0 heterocycles. The molecule has 0 unspecified atom stereocenters. The van der Waals surface area contributed by atoms with Crippen molar-refractivity contribution >= 4 is 51.5 Å². The molecule has 9 heteroatoms. The van der Waals surface area contributed by atoms with Gasteiger partial charge in [-0.25, -0.2) is 4.83 Å². The van der Waals surface area contributed by atoms with E-state index in [2.05, 4.69) is 9.93 Å². The van der Waals surface area contributed by atoms with Crippen LogP contribution in [0.2, 0.25) is 0 Å². The van der Waals surface area contributed by atoms with Crippen molar-refractivity contribution < 1.29 is 13.3 Å². The third-order valence-electron chi connectivity index (χ3n) is 2.80. The third kappa shape index (κ3) is 5.43. The Labute approximate surface area is 155 Å². The number of non-ortho nitro benzene ring substituents is 1. The van der Waals surface area contributed by atoms with Gasteiger partial charge in [-0.05, 0) is 19.1 Å². The predicted molar refractivity (Wildman–Crippen MR) is 87.9 cm³/mol. The Hall–Kier alpha value is -1.74. The first-order valence-electron chi connectivity index (χ1n) is 6.24. The van der Waals surface area contributed by atoms with Gasteiger partial charge in [0, 0.05) is 47.3 Å². The number of hydrogen-bond donors (Lipinski definition) is 1. The summed E-state index contributed by atoms with van der Waals surface area (Å²) in [5.74, 6) is 0. The minimum Gasteiger partial charge on any atom is -0.258 e. The largest absolute Gasteiger partial charge is 0.276 e. The number of nitrogens with zero attached hydrogens (tertiary/aromatic N) is 2. The van der Waals surface area contributed by atoms with Gasteiger partial charge in [0.1, 0.15) is 0 Å². The molecule has 1 radical (unpaired) electrons. The summed E-state index contributed by atoms with van der Waals surface area (Å²) in [6.45, 7) is 1.85. The van der Waals surface area contributed by atoms with Gasteiger partial charge in [0.15, 0.2) is 0 Å². The Bertz CT molecular complexity index is 820. The number of nitro benzene ring substituents is 1. The minimum absolute atomic E-state index is 0. The molecule has 0 aromatic heterocycles. The number of benzene rings is 2. The van der Waals surface area contributed by atoms with Crippen molar-refractivity contribution in [3.8, 4) is 0 Å². The van der Waals surface area contributed by atoms with Gasteiger partial charge in [0.25, 0.3) is 15.7 Å². The number of nitro groups is 1. The molecule has 0 aliphatic carbocycles. The first-order chi connectivity index (χ1) is 10.4. The molecule has 0 bridgehead atoms. The van der Waals surface area contributed by atoms with Gasteiger partial charge in [-0.1, -0.05) is 29.8 Å². The molecule has 7 nitrogen and oxygen atoms in total. The number of sulfonamides is 1. The topological polar surface area (TPSA) is 102 Å². The van der Waals surface area contributed by atoms with Gasteiger partial charge in [-0.2, -0.15) is 13.5 Å². The van der Waals surface area contributed by atoms with Crippen LogP contribution in [0.1, 0.15) is 11.1 Å². The number of nitrogens with one attached hydrogen (secondary N) is 1. The van der Waals surface area contributed by atoms with Crippen LogP contribution in [0.5, 0.6) is 0 Å². The summed E-state index contributed by atoms with van der Waals surface area (Å²) < 4.78 is 24.0. The van der Waals surface area contributed by atoms with Crippen molar-refractivity contribution in [2.24, 2.45) is 5.10 Å². The minimum atomic E-state index is -3.76. The smallest absolute Gasteiger partial charge is 0.258 e. The van der Waals surface area contributed by atoms with Crippen molar-refractivity contribution in [1.29, 1.82) is 0 Å². The van der Waals surface area contributed by atoms with Crippen molar-refractivity contribution in [2.75, 3.05) is 0 Å². The molecule has 1 N–H and O–H groups in total. The Kier molecular flexibility index (Phi) is 6.89. The molecular formula is C14H13N3NaO4S. The van der Waals surface area contributed by atoms with E-state index in [1.165, 1.54) is 36.5 Å². The molecule has 2 rings (SSSR count). The standard InChI is InChI=1S/C14H13N3O4S.Na/c1-11-5-7-14(8-6-11)22(20,21)16-15-10-12-3-2-4-13(9-12)17(18)19;/h2-10,16H,1H3;. The molecule has 2 aromatic rings. The van der Waals surface area contributed by atoms with Crippen LogP contribution >= 0.6 is 0 Å². The van der Waals surface area contributed by atoms with E-state index in [-0.39, 0.29) is 40.1 Å². The Morgan fingerprint density at radius 3 is 2.43 bits per heavy atom. The van der Waals surface area contributed by atoms with E-state index in [1.54, 1.807) is 18.2 Å². The fraction of sp³-hybridized carbons (Fsp3) is 0.0714. The van der Waals surface area contributed by atoms with Crippen LogP contribution in [0.15, 0.2) is 58.5 Å². The summed E-state index contributed by atoms with van der Waals surface area (Å²) in [7, 11) is -3.76. The van der Waals surface area contributed by atoms with Gasteiger partial charge in [-0.15, -0.1) is 0 Å². The van der Waals surface area contributed by atoms with Crippen LogP contribution in [0.4, 0.5) is 5.69 Å². The van der Waals surface area contributed by atoms with Crippen LogP contribution in [-0.4, -0.2) is 49.1 Å². The summed E-state index contributed by atoms with van der Waals surface area (Å²) >= 11 is 0. The van der Waals surface area contributed by atoms with Gasteiger partial charge < -0.3 is 0 Å². The second kappa shape index (κ2) is 8.21. The van der Waals surface area contributed by atoms with E-state index in [0.29, 0.717) is 5.56 Å². The zero-order chi connectivity index (χ0) is 16.2. The number of rotatable bonds is 5. The fourth-order valence-corrected chi connectivity index (χ4v) is 2.45. The van der Waals surface area contributed by atoms with Crippen molar-refractivity contribution in [2.45, 2.75) is 11.8 Å². The molecule has 23 heavy (non-hydrogen) atoms. The molecule has 0 saturated heterocycles. The summed E-state index contributed by atoms with van der Waals surface area (Å²) in [4.78, 5) is 12.3. The second-order valence-corrected chi connectivity index (χ2v) is 6.18. The summed E-state index contributed by atoms with van der Waals surface area (Å²) in [6, 6.07) is 12.0. The molecule has 2 aromatic carbocycles. The van der Waals surface area contributed by atoms with E-state index in [4.69, 9.17) is 0 Å². The number of hydrogen-bond acceptors (Lipinski definition) is 5. The van der Waals surface area contributed by atoms with E-state index in [1.807, 2.05) is 6.92 Å². The maximum Gasteiger partial charge on any atom is 0.276 e. The SMILES string of the molecule is Cc1ccc(S(=O)(=O)NN=Cc2cccc([N+](=O)[O-])c2)cc1.[Na]. The summed E-state index contributed by atoms with van der Waals surface area (Å²) in [6.07, 6.45) is 1.21. The molecule has 0 atom stereocenters. The molecule has 115 valence electrons. The Balaban J connectivity index is 0.00000264. The average molecular weight is 342 g/mol. The molecular weight excluding hydrogens is 329 g/mol. The zero-order valence-corrected chi connectivity index (χ0v) is 15.4. The van der Waals surface area contributed by atoms with Crippen LogP contribution in [0, 0.1) is 17.0 Å². The quantitative estimate of drug-likeness (QED) is 0.388. The maximum atomic E-state index is 12.0. The van der Waals surface area contributed by atoms with Crippen molar-refractivity contribution in [1.82, 2.24) is 4.83 Å². The predicted octanol–water partition coefficient (Wildman–Crippen LogP) is 1.83. The molecule has 0 saturated carbocycles. The number of aryl methyl sites for hydroxylation is 1. The molecule has 0 aliphatic rings. The number of hydrazone groups is 1. The Morgan fingerprint density at radius 2 is 1.83 bits per heavy atom. The van der Waals surface area contributed by atoms with Gasteiger partial charge in [-0.3, -0.25) is 10.1 Å². The summed E-state index contributed by atoms with van der Waals surface area (Å²) in [5, 5.41) is 14.3. The monoisotopic (exact) mass is 342 g/mol. The fourth-order valence-electron chi connectivity index (χ4n) is 1.66. The van der Waals surface area contributed by atoms with Gasteiger partial charge in [0.05, 0.1) is 16.0 Å². The van der Waals surface area contributed by atoms with Gasteiger partial charge in [0.2, 0.25) is 0 Å². The van der Waals surface area contributed by atoms with Crippen LogP contribution < -0.4 is 4.83 Å². The zero-order valence-electron chi connectivity index (χ0n) is 12.6. The van der Waals surface area contributed by atoms with Crippen LogP contribution in [-0.2, 0) is 10.0 Å². The second-order valence-electron chi connectivity index (χ2n) is 4.52. The van der Waals surface area contributed by atoms with Crippen molar-refractivity contribution in [3.63, 3.8) is 0 Å². The molecule has 0 amide bonds. The first kappa shape index (κ1) is 19.3. The van der Waals surface area contributed by atoms with Crippen LogP contribution in [0.3, 0.4) is 0 Å². The third-order valence-corrected chi connectivity index (χ3v) is 4.04. The normalized spacial score (nSPS) is 11.0. The van der Waals surface area contributed by atoms with E-state index in [0.717, 1.165) is 5.56 Å². The molecule has 0 spiro atoms. The van der Waals surface area contributed by atoms with Gasteiger partial charge >= 0.3 is 0 Å². The Morgan fingerprint density at radius 1 is 1.17 bits per heavy atom. The van der Waals surface area contributed by atoms with E-state index >= 15 is 0 Å².